The summed E-state index contributed by atoms with van der Waals surface area (Å²) in [5, 5.41) is 12.2. The monoisotopic (exact) mass is 312 g/mol. The lowest BCUT2D eigenvalue weighted by molar-refractivity contribution is -0.141. The summed E-state index contributed by atoms with van der Waals surface area (Å²) < 4.78 is 25.1. The molecule has 1 aromatic carbocycles. The summed E-state index contributed by atoms with van der Waals surface area (Å²) in [7, 11) is -0.429. The van der Waals surface area contributed by atoms with Crippen molar-refractivity contribution in [3.05, 3.63) is 24.3 Å². The lowest BCUT2D eigenvalue weighted by Gasteiger charge is -2.15. The van der Waals surface area contributed by atoms with Crippen LogP contribution in [0.4, 0.5) is 5.69 Å². The highest BCUT2D eigenvalue weighted by Gasteiger charge is 2.29. The highest BCUT2D eigenvalue weighted by Crippen LogP contribution is 2.28. The number of benzene rings is 1. The third kappa shape index (κ3) is 3.54. The zero-order valence-electron chi connectivity index (χ0n) is 12.1. The number of anilines is 1. The number of aliphatic carboxylic acids is 1. The van der Waals surface area contributed by atoms with Crippen LogP contribution < -0.4 is 5.32 Å². The van der Waals surface area contributed by atoms with Gasteiger partial charge in [0.05, 0.1) is 10.8 Å². The highest BCUT2D eigenvalue weighted by atomic mass is 32.2. The van der Waals surface area contributed by atoms with Crippen molar-refractivity contribution < 1.29 is 18.3 Å². The predicted molar refractivity (Wildman–Crippen MR) is 79.7 cm³/mol. The Morgan fingerprint density at radius 1 is 1.24 bits per heavy atom. The summed E-state index contributed by atoms with van der Waals surface area (Å²) >= 11 is 0. The van der Waals surface area contributed by atoms with Crippen molar-refractivity contribution in [3.8, 4) is 0 Å². The Kier molecular flexibility index (Phi) is 4.53. The molecule has 2 N–H and O–H groups in total. The van der Waals surface area contributed by atoms with E-state index in [1.807, 2.05) is 0 Å². The SMILES string of the molecule is CN(C)S(=O)(=O)c1ccc(N[C@H]2CC[C@@H](C(=O)O)C2)cc1. The second-order valence-electron chi connectivity index (χ2n) is 5.50. The number of carbonyl (C=O) groups is 1. The third-order valence-electron chi connectivity index (χ3n) is 3.79. The molecule has 7 heteroatoms. The Balaban J connectivity index is 2.03. The molecule has 0 heterocycles. The van der Waals surface area contributed by atoms with Crippen molar-refractivity contribution in [2.45, 2.75) is 30.2 Å². The van der Waals surface area contributed by atoms with Gasteiger partial charge in [-0.2, -0.15) is 0 Å². The summed E-state index contributed by atoms with van der Waals surface area (Å²) in [6.45, 7) is 0. The van der Waals surface area contributed by atoms with E-state index in [9.17, 15) is 13.2 Å². The minimum atomic E-state index is -3.41. The van der Waals surface area contributed by atoms with E-state index in [-0.39, 0.29) is 16.9 Å². The van der Waals surface area contributed by atoms with Gasteiger partial charge >= 0.3 is 5.97 Å². The number of carboxylic acid groups (broad SMARTS) is 1. The van der Waals surface area contributed by atoms with Crippen molar-refractivity contribution in [2.75, 3.05) is 19.4 Å². The topological polar surface area (TPSA) is 86.7 Å². The fraction of sp³-hybridized carbons (Fsp3) is 0.500. The lowest BCUT2D eigenvalue weighted by Crippen LogP contribution is -2.22. The van der Waals surface area contributed by atoms with E-state index >= 15 is 0 Å². The zero-order valence-corrected chi connectivity index (χ0v) is 12.9. The standard InChI is InChI=1S/C14H20N2O4S/c1-16(2)21(19,20)13-7-5-11(6-8-13)15-12-4-3-10(9-12)14(17)18/h5-8,10,12,15H,3-4,9H2,1-2H3,(H,17,18)/t10-,12+/m1/s1. The van der Waals surface area contributed by atoms with Crippen LogP contribution in [0.25, 0.3) is 0 Å². The van der Waals surface area contributed by atoms with Crippen LogP contribution >= 0.6 is 0 Å². The molecule has 1 aliphatic carbocycles. The fourth-order valence-electron chi connectivity index (χ4n) is 2.51. The van der Waals surface area contributed by atoms with Gasteiger partial charge in [0.25, 0.3) is 0 Å². The molecule has 2 atom stereocenters. The van der Waals surface area contributed by atoms with Crippen LogP contribution in [0.15, 0.2) is 29.2 Å². The molecule has 6 nitrogen and oxygen atoms in total. The smallest absolute Gasteiger partial charge is 0.306 e. The van der Waals surface area contributed by atoms with Gasteiger partial charge in [0.1, 0.15) is 0 Å². The molecule has 0 aromatic heterocycles. The third-order valence-corrected chi connectivity index (χ3v) is 5.61. The lowest BCUT2D eigenvalue weighted by atomic mass is 10.1. The number of rotatable bonds is 5. The molecule has 1 saturated carbocycles. The maximum atomic E-state index is 11.9. The molecular weight excluding hydrogens is 292 g/mol. The van der Waals surface area contributed by atoms with Crippen LogP contribution in [0, 0.1) is 5.92 Å². The number of sulfonamides is 1. The summed E-state index contributed by atoms with van der Waals surface area (Å²) in [5.41, 5.74) is 0.809. The molecule has 2 rings (SSSR count). The van der Waals surface area contributed by atoms with Gasteiger partial charge in [0.2, 0.25) is 10.0 Å². The predicted octanol–water partition coefficient (Wildman–Crippen LogP) is 1.60. The normalized spacial score (nSPS) is 22.4. The molecule has 0 aliphatic heterocycles. The maximum Gasteiger partial charge on any atom is 0.306 e. The van der Waals surface area contributed by atoms with Crippen LogP contribution in [0.1, 0.15) is 19.3 Å². The van der Waals surface area contributed by atoms with E-state index in [2.05, 4.69) is 5.32 Å². The second-order valence-corrected chi connectivity index (χ2v) is 7.65. The van der Waals surface area contributed by atoms with Gasteiger partial charge in [-0.05, 0) is 43.5 Å². The molecule has 1 aliphatic rings. The van der Waals surface area contributed by atoms with Crippen molar-refractivity contribution in [2.24, 2.45) is 5.92 Å². The van der Waals surface area contributed by atoms with Gasteiger partial charge in [0, 0.05) is 25.8 Å². The Bertz CT molecular complexity index is 610. The van der Waals surface area contributed by atoms with Gasteiger partial charge in [-0.15, -0.1) is 0 Å². The molecule has 0 spiro atoms. The van der Waals surface area contributed by atoms with E-state index in [1.54, 1.807) is 24.3 Å². The quantitative estimate of drug-likeness (QED) is 0.862. The first-order valence-corrected chi connectivity index (χ1v) is 8.26. The van der Waals surface area contributed by atoms with Crippen LogP contribution in [-0.4, -0.2) is 43.9 Å². The Morgan fingerprint density at radius 2 is 1.86 bits per heavy atom. The Hall–Kier alpha value is -1.60. The van der Waals surface area contributed by atoms with E-state index in [4.69, 9.17) is 5.11 Å². The first kappa shape index (κ1) is 15.8. The average molecular weight is 312 g/mol. The van der Waals surface area contributed by atoms with Crippen LogP contribution in [0.5, 0.6) is 0 Å². The average Bonchev–Trinajstić information content (AvgIpc) is 2.88. The Morgan fingerprint density at radius 3 is 2.33 bits per heavy atom. The molecule has 0 unspecified atom stereocenters. The minimum absolute atomic E-state index is 0.127. The number of nitrogens with zero attached hydrogens (tertiary/aromatic N) is 1. The first-order valence-electron chi connectivity index (χ1n) is 6.82. The fourth-order valence-corrected chi connectivity index (χ4v) is 3.41. The molecule has 0 radical (unpaired) electrons. The van der Waals surface area contributed by atoms with Crippen LogP contribution in [0.3, 0.4) is 0 Å². The molecule has 0 bridgehead atoms. The highest BCUT2D eigenvalue weighted by molar-refractivity contribution is 7.89. The molecular formula is C14H20N2O4S. The summed E-state index contributed by atoms with van der Waals surface area (Å²) in [4.78, 5) is 11.2. The number of hydrogen-bond donors (Lipinski definition) is 2. The molecule has 0 saturated heterocycles. The van der Waals surface area contributed by atoms with E-state index < -0.39 is 16.0 Å². The molecule has 116 valence electrons. The van der Waals surface area contributed by atoms with E-state index in [0.29, 0.717) is 12.8 Å². The second kappa shape index (κ2) is 6.03. The number of carboxylic acids is 1. The zero-order chi connectivity index (χ0) is 15.6. The van der Waals surface area contributed by atoms with Crippen molar-refractivity contribution >= 4 is 21.7 Å². The Labute approximate surface area is 124 Å². The summed E-state index contributed by atoms with van der Waals surface area (Å²) in [6.07, 6.45) is 2.10. The van der Waals surface area contributed by atoms with E-state index in [0.717, 1.165) is 12.1 Å². The van der Waals surface area contributed by atoms with E-state index in [1.165, 1.54) is 18.4 Å². The van der Waals surface area contributed by atoms with Crippen molar-refractivity contribution in [3.63, 3.8) is 0 Å². The molecule has 1 fully saturated rings. The molecule has 0 amide bonds. The van der Waals surface area contributed by atoms with Gasteiger partial charge in [-0.25, -0.2) is 12.7 Å². The van der Waals surface area contributed by atoms with Crippen molar-refractivity contribution in [1.82, 2.24) is 4.31 Å². The van der Waals surface area contributed by atoms with Crippen LogP contribution in [-0.2, 0) is 14.8 Å². The number of hydrogen-bond acceptors (Lipinski definition) is 4. The summed E-state index contributed by atoms with van der Waals surface area (Å²) in [6, 6.07) is 6.67. The van der Waals surface area contributed by atoms with Gasteiger partial charge < -0.3 is 10.4 Å². The van der Waals surface area contributed by atoms with Crippen molar-refractivity contribution in [1.29, 1.82) is 0 Å². The maximum absolute atomic E-state index is 11.9. The van der Waals surface area contributed by atoms with Gasteiger partial charge in [-0.1, -0.05) is 0 Å². The van der Waals surface area contributed by atoms with Gasteiger partial charge in [0.15, 0.2) is 0 Å². The molecule has 21 heavy (non-hydrogen) atoms. The first-order chi connectivity index (χ1) is 9.80. The minimum Gasteiger partial charge on any atom is -0.481 e. The summed E-state index contributed by atoms with van der Waals surface area (Å²) in [5.74, 6) is -1.03. The van der Waals surface area contributed by atoms with Crippen LogP contribution in [0.2, 0.25) is 0 Å². The number of nitrogens with one attached hydrogen (secondary N) is 1. The molecule has 1 aromatic rings. The largest absolute Gasteiger partial charge is 0.481 e. The van der Waals surface area contributed by atoms with Gasteiger partial charge in [-0.3, -0.25) is 4.79 Å².